The minimum atomic E-state index is -0.115. The second-order valence-electron chi connectivity index (χ2n) is 5.33. The van der Waals surface area contributed by atoms with Gasteiger partial charge in [-0.2, -0.15) is 0 Å². The van der Waals surface area contributed by atoms with E-state index >= 15 is 0 Å². The fourth-order valence-electron chi connectivity index (χ4n) is 1.76. The van der Waals surface area contributed by atoms with Crippen molar-refractivity contribution in [3.05, 3.63) is 0 Å². The molecule has 2 heterocycles. The number of hydrogen-bond acceptors (Lipinski definition) is 4. The quantitative estimate of drug-likeness (QED) is 0.578. The highest BCUT2D eigenvalue weighted by atomic mass is 16.6. The highest BCUT2D eigenvalue weighted by Gasteiger charge is 2.34. The topological polar surface area (TPSA) is 43.5 Å². The van der Waals surface area contributed by atoms with Crippen LogP contribution in [0.2, 0.25) is 0 Å². The molecule has 0 aromatic rings. The molecule has 2 rings (SSSR count). The van der Waals surface area contributed by atoms with E-state index in [1.165, 1.54) is 0 Å². The molecule has 0 saturated carbocycles. The largest absolute Gasteiger partial charge is 0.378 e. The first kappa shape index (κ1) is 13.3. The SMILES string of the molecule is CCC(C)(OCC1CO1)C(C)COCC1CO1. The van der Waals surface area contributed by atoms with E-state index in [-0.39, 0.29) is 5.60 Å². The van der Waals surface area contributed by atoms with Crippen molar-refractivity contribution in [1.82, 2.24) is 0 Å². The van der Waals surface area contributed by atoms with Gasteiger partial charge in [-0.05, 0) is 13.3 Å². The number of rotatable bonds is 9. The van der Waals surface area contributed by atoms with Crippen LogP contribution in [-0.2, 0) is 18.9 Å². The zero-order valence-electron chi connectivity index (χ0n) is 11.1. The van der Waals surface area contributed by atoms with E-state index in [2.05, 4.69) is 20.8 Å². The molecule has 4 nitrogen and oxygen atoms in total. The van der Waals surface area contributed by atoms with Gasteiger partial charge in [0.2, 0.25) is 0 Å². The van der Waals surface area contributed by atoms with Crippen molar-refractivity contribution >= 4 is 0 Å². The highest BCUT2D eigenvalue weighted by molar-refractivity contribution is 4.82. The molecule has 0 bridgehead atoms. The third kappa shape index (κ3) is 4.21. The summed E-state index contributed by atoms with van der Waals surface area (Å²) in [5.74, 6) is 0.380. The van der Waals surface area contributed by atoms with E-state index in [0.29, 0.717) is 24.7 Å². The summed E-state index contributed by atoms with van der Waals surface area (Å²) in [5.41, 5.74) is -0.115. The minimum Gasteiger partial charge on any atom is -0.378 e. The Hall–Kier alpha value is -0.160. The molecule has 100 valence electrons. The lowest BCUT2D eigenvalue weighted by molar-refractivity contribution is -0.0966. The lowest BCUT2D eigenvalue weighted by Crippen LogP contribution is -2.39. The van der Waals surface area contributed by atoms with Crippen molar-refractivity contribution in [3.63, 3.8) is 0 Å². The smallest absolute Gasteiger partial charge is 0.104 e. The van der Waals surface area contributed by atoms with Gasteiger partial charge < -0.3 is 18.9 Å². The van der Waals surface area contributed by atoms with Crippen LogP contribution in [0.25, 0.3) is 0 Å². The normalized spacial score (nSPS) is 31.9. The lowest BCUT2D eigenvalue weighted by Gasteiger charge is -2.34. The van der Waals surface area contributed by atoms with Crippen LogP contribution in [0.4, 0.5) is 0 Å². The zero-order valence-corrected chi connectivity index (χ0v) is 11.1. The first-order valence-electron chi connectivity index (χ1n) is 6.59. The molecule has 4 unspecified atom stereocenters. The van der Waals surface area contributed by atoms with Crippen LogP contribution in [0.15, 0.2) is 0 Å². The monoisotopic (exact) mass is 244 g/mol. The highest BCUT2D eigenvalue weighted by Crippen LogP contribution is 2.27. The zero-order chi connectivity index (χ0) is 12.3. The Balaban J connectivity index is 1.68. The first-order chi connectivity index (χ1) is 8.14. The Morgan fingerprint density at radius 1 is 1.24 bits per heavy atom. The molecular weight excluding hydrogens is 220 g/mol. The molecule has 0 spiro atoms. The fourth-order valence-corrected chi connectivity index (χ4v) is 1.76. The van der Waals surface area contributed by atoms with Crippen LogP contribution in [0.1, 0.15) is 27.2 Å². The van der Waals surface area contributed by atoms with Gasteiger partial charge >= 0.3 is 0 Å². The third-order valence-electron chi connectivity index (χ3n) is 3.82. The van der Waals surface area contributed by atoms with Crippen LogP contribution >= 0.6 is 0 Å². The Labute approximate surface area is 104 Å². The Morgan fingerprint density at radius 2 is 1.82 bits per heavy atom. The van der Waals surface area contributed by atoms with Crippen LogP contribution < -0.4 is 0 Å². The van der Waals surface area contributed by atoms with Crippen molar-refractivity contribution in [2.24, 2.45) is 5.92 Å². The second kappa shape index (κ2) is 5.65. The Kier molecular flexibility index (Phi) is 4.42. The van der Waals surface area contributed by atoms with Crippen molar-refractivity contribution in [1.29, 1.82) is 0 Å². The van der Waals surface area contributed by atoms with Gasteiger partial charge in [0.25, 0.3) is 0 Å². The number of ether oxygens (including phenoxy) is 4. The van der Waals surface area contributed by atoms with Crippen molar-refractivity contribution in [2.45, 2.75) is 45.0 Å². The van der Waals surface area contributed by atoms with E-state index < -0.39 is 0 Å². The van der Waals surface area contributed by atoms with Gasteiger partial charge in [-0.3, -0.25) is 0 Å². The molecule has 0 aromatic carbocycles. The Morgan fingerprint density at radius 3 is 2.35 bits per heavy atom. The average molecular weight is 244 g/mol. The maximum absolute atomic E-state index is 6.00. The summed E-state index contributed by atoms with van der Waals surface area (Å²) in [6.07, 6.45) is 1.66. The summed E-state index contributed by atoms with van der Waals surface area (Å²) in [6.45, 7) is 10.4. The average Bonchev–Trinajstić information content (AvgIpc) is 3.17. The molecule has 4 heteroatoms. The summed E-state index contributed by atoms with van der Waals surface area (Å²) in [5, 5.41) is 0. The molecule has 0 N–H and O–H groups in total. The van der Waals surface area contributed by atoms with Gasteiger partial charge in [0.05, 0.1) is 38.6 Å². The summed E-state index contributed by atoms with van der Waals surface area (Å²) in [4.78, 5) is 0. The van der Waals surface area contributed by atoms with E-state index in [9.17, 15) is 0 Å². The third-order valence-corrected chi connectivity index (χ3v) is 3.82. The second-order valence-corrected chi connectivity index (χ2v) is 5.33. The first-order valence-corrected chi connectivity index (χ1v) is 6.59. The van der Waals surface area contributed by atoms with E-state index in [1.54, 1.807) is 0 Å². The van der Waals surface area contributed by atoms with Gasteiger partial charge in [0.1, 0.15) is 12.2 Å². The summed E-state index contributed by atoms with van der Waals surface area (Å²) < 4.78 is 21.9. The molecule has 2 fully saturated rings. The molecular formula is C13H24O4. The van der Waals surface area contributed by atoms with Crippen LogP contribution in [0, 0.1) is 5.92 Å². The fraction of sp³-hybridized carbons (Fsp3) is 1.00. The van der Waals surface area contributed by atoms with Crippen LogP contribution in [0.3, 0.4) is 0 Å². The van der Waals surface area contributed by atoms with Crippen molar-refractivity contribution in [2.75, 3.05) is 33.0 Å². The lowest BCUT2D eigenvalue weighted by atomic mass is 9.88. The minimum absolute atomic E-state index is 0.115. The molecule has 17 heavy (non-hydrogen) atoms. The molecule has 2 aliphatic rings. The van der Waals surface area contributed by atoms with Gasteiger partial charge in [-0.15, -0.1) is 0 Å². The van der Waals surface area contributed by atoms with Crippen LogP contribution in [-0.4, -0.2) is 50.8 Å². The molecule has 0 aliphatic carbocycles. The van der Waals surface area contributed by atoms with Gasteiger partial charge in [0, 0.05) is 5.92 Å². The molecule has 0 amide bonds. The van der Waals surface area contributed by atoms with Gasteiger partial charge in [-0.1, -0.05) is 13.8 Å². The molecule has 2 saturated heterocycles. The standard InChI is InChI=1S/C13H24O4/c1-4-13(3,17-9-12-8-16-12)10(2)5-14-6-11-7-15-11/h10-12H,4-9H2,1-3H3. The molecule has 4 atom stereocenters. The van der Waals surface area contributed by atoms with Crippen molar-refractivity contribution < 1.29 is 18.9 Å². The maximum atomic E-state index is 6.00. The summed E-state index contributed by atoms with van der Waals surface area (Å²) >= 11 is 0. The number of epoxide rings is 2. The maximum Gasteiger partial charge on any atom is 0.104 e. The number of hydrogen-bond donors (Lipinski definition) is 0. The van der Waals surface area contributed by atoms with E-state index in [4.69, 9.17) is 18.9 Å². The van der Waals surface area contributed by atoms with Crippen LogP contribution in [0.5, 0.6) is 0 Å². The van der Waals surface area contributed by atoms with E-state index in [1.807, 2.05) is 0 Å². The van der Waals surface area contributed by atoms with E-state index in [0.717, 1.165) is 32.8 Å². The Bertz CT molecular complexity index is 238. The molecule has 0 radical (unpaired) electrons. The summed E-state index contributed by atoms with van der Waals surface area (Å²) in [7, 11) is 0. The predicted molar refractivity (Wildman–Crippen MR) is 64.1 cm³/mol. The molecule has 2 aliphatic heterocycles. The predicted octanol–water partition coefficient (Wildman–Crippen LogP) is 1.62. The molecule has 0 aromatic heterocycles. The van der Waals surface area contributed by atoms with Gasteiger partial charge in [-0.25, -0.2) is 0 Å². The summed E-state index contributed by atoms with van der Waals surface area (Å²) in [6, 6.07) is 0. The van der Waals surface area contributed by atoms with Crippen molar-refractivity contribution in [3.8, 4) is 0 Å². The van der Waals surface area contributed by atoms with Gasteiger partial charge in [0.15, 0.2) is 0 Å².